The molecule has 5 nitrogen and oxygen atoms in total. The number of amides is 2. The summed E-state index contributed by atoms with van der Waals surface area (Å²) in [6.07, 6.45) is 1.87. The molecule has 0 atom stereocenters. The molecule has 0 fully saturated rings. The summed E-state index contributed by atoms with van der Waals surface area (Å²) in [6.45, 7) is 5.53. The van der Waals surface area contributed by atoms with Gasteiger partial charge in [0.05, 0.1) is 17.7 Å². The molecule has 110 valence electrons. The number of carbonyl (C=O) groups is 3. The van der Waals surface area contributed by atoms with Crippen LogP contribution in [0.25, 0.3) is 0 Å². The van der Waals surface area contributed by atoms with E-state index in [1.165, 1.54) is 6.92 Å². The van der Waals surface area contributed by atoms with E-state index >= 15 is 0 Å². The number of fused-ring (bicyclic) bond motifs is 1. The van der Waals surface area contributed by atoms with Gasteiger partial charge in [-0.05, 0) is 31.4 Å². The summed E-state index contributed by atoms with van der Waals surface area (Å²) in [6, 6.07) is 6.75. The molecule has 2 amide bonds. The van der Waals surface area contributed by atoms with Crippen molar-refractivity contribution >= 4 is 17.8 Å². The maximum Gasteiger partial charge on any atom is 0.302 e. The predicted molar refractivity (Wildman–Crippen MR) is 76.6 cm³/mol. The lowest BCUT2D eigenvalue weighted by molar-refractivity contribution is -0.141. The molecule has 5 heteroatoms. The van der Waals surface area contributed by atoms with E-state index in [0.717, 1.165) is 4.90 Å². The molecule has 0 aliphatic carbocycles. The van der Waals surface area contributed by atoms with E-state index in [-0.39, 0.29) is 17.8 Å². The Bertz CT molecular complexity index is 571. The summed E-state index contributed by atoms with van der Waals surface area (Å²) >= 11 is 0. The smallest absolute Gasteiger partial charge is 0.302 e. The first-order chi connectivity index (χ1) is 10.0. The molecule has 0 N–H and O–H groups in total. The first kappa shape index (κ1) is 15.0. The Kier molecular flexibility index (Phi) is 4.52. The van der Waals surface area contributed by atoms with Gasteiger partial charge in [0.2, 0.25) is 0 Å². The van der Waals surface area contributed by atoms with Crippen molar-refractivity contribution in [3.63, 3.8) is 0 Å². The number of esters is 1. The highest BCUT2D eigenvalue weighted by molar-refractivity contribution is 6.22. The number of hydrogen-bond acceptors (Lipinski definition) is 4. The summed E-state index contributed by atoms with van der Waals surface area (Å²) in [7, 11) is 0. The molecule has 1 aromatic carbocycles. The van der Waals surface area contributed by atoms with Crippen molar-refractivity contribution in [3.8, 4) is 0 Å². The van der Waals surface area contributed by atoms with Crippen molar-refractivity contribution in [2.45, 2.75) is 26.2 Å². The van der Waals surface area contributed by atoms with Crippen molar-refractivity contribution < 1.29 is 19.1 Å². The van der Waals surface area contributed by atoms with E-state index in [1.54, 1.807) is 24.3 Å². The highest BCUT2D eigenvalue weighted by Gasteiger charge is 2.36. The van der Waals surface area contributed by atoms with Gasteiger partial charge in [0.15, 0.2) is 0 Å². The normalized spacial score (nSPS) is 13.3. The van der Waals surface area contributed by atoms with Gasteiger partial charge in [0.25, 0.3) is 11.8 Å². The molecule has 0 unspecified atom stereocenters. The second-order valence-corrected chi connectivity index (χ2v) is 4.85. The van der Waals surface area contributed by atoms with Gasteiger partial charge in [-0.2, -0.15) is 0 Å². The van der Waals surface area contributed by atoms with Crippen LogP contribution in [0.15, 0.2) is 36.5 Å². The average molecular weight is 287 g/mol. The lowest BCUT2D eigenvalue weighted by atomic mass is 10.1. The van der Waals surface area contributed by atoms with E-state index in [1.807, 2.05) is 0 Å². The zero-order valence-electron chi connectivity index (χ0n) is 11.9. The van der Waals surface area contributed by atoms with Crippen molar-refractivity contribution in [1.29, 1.82) is 0 Å². The summed E-state index contributed by atoms with van der Waals surface area (Å²) in [5.41, 5.74) is 1.32. The molecule has 1 heterocycles. The summed E-state index contributed by atoms with van der Waals surface area (Å²) in [5, 5.41) is 0. The van der Waals surface area contributed by atoms with Gasteiger partial charge in [-0.25, -0.2) is 4.90 Å². The largest absolute Gasteiger partial charge is 0.466 e. The van der Waals surface area contributed by atoms with Crippen LogP contribution in [0.3, 0.4) is 0 Å². The second-order valence-electron chi connectivity index (χ2n) is 4.85. The summed E-state index contributed by atoms with van der Waals surface area (Å²) < 4.78 is 4.83. The van der Waals surface area contributed by atoms with Gasteiger partial charge in [-0.3, -0.25) is 14.4 Å². The number of unbranched alkanes of at least 4 members (excludes halogenated alkanes) is 1. The van der Waals surface area contributed by atoms with Crippen LogP contribution in [-0.2, 0) is 9.53 Å². The molecular weight excluding hydrogens is 270 g/mol. The van der Waals surface area contributed by atoms with E-state index in [2.05, 4.69) is 6.58 Å². The molecule has 1 aliphatic rings. The Hall–Kier alpha value is -2.43. The Balaban J connectivity index is 1.91. The Labute approximate surface area is 123 Å². The minimum atomic E-state index is -0.319. The van der Waals surface area contributed by atoms with E-state index in [9.17, 15) is 14.4 Å². The topological polar surface area (TPSA) is 63.7 Å². The highest BCUT2D eigenvalue weighted by Crippen LogP contribution is 2.27. The second kappa shape index (κ2) is 6.35. The SMILES string of the molecule is C=C(CCCCOC(C)=O)N1C(=O)c2ccccc2C1=O. The molecule has 21 heavy (non-hydrogen) atoms. The molecule has 0 radical (unpaired) electrons. The van der Waals surface area contributed by atoms with Crippen LogP contribution in [0, 0.1) is 0 Å². The number of nitrogens with zero attached hydrogens (tertiary/aromatic N) is 1. The number of ether oxygens (including phenoxy) is 1. The fraction of sp³-hybridized carbons (Fsp3) is 0.312. The van der Waals surface area contributed by atoms with Gasteiger partial charge < -0.3 is 4.74 Å². The van der Waals surface area contributed by atoms with E-state index in [4.69, 9.17) is 4.74 Å². The quantitative estimate of drug-likeness (QED) is 0.458. The third-order valence-electron chi connectivity index (χ3n) is 3.28. The number of carbonyl (C=O) groups excluding carboxylic acids is 3. The van der Waals surface area contributed by atoms with Crippen molar-refractivity contribution in [2.75, 3.05) is 6.61 Å². The molecule has 1 aliphatic heterocycles. The predicted octanol–water partition coefficient (Wildman–Crippen LogP) is 2.53. The number of rotatable bonds is 6. The minimum Gasteiger partial charge on any atom is -0.466 e. The van der Waals surface area contributed by atoms with Gasteiger partial charge >= 0.3 is 5.97 Å². The first-order valence-electron chi connectivity index (χ1n) is 6.81. The highest BCUT2D eigenvalue weighted by atomic mass is 16.5. The van der Waals surface area contributed by atoms with Crippen molar-refractivity contribution in [2.24, 2.45) is 0 Å². The van der Waals surface area contributed by atoms with E-state index in [0.29, 0.717) is 42.7 Å². The number of imide groups is 1. The zero-order valence-corrected chi connectivity index (χ0v) is 11.9. The molecule has 0 aromatic heterocycles. The van der Waals surface area contributed by atoms with Gasteiger partial charge in [-0.1, -0.05) is 18.7 Å². The Morgan fingerprint density at radius 2 is 1.71 bits per heavy atom. The third kappa shape index (κ3) is 3.18. The summed E-state index contributed by atoms with van der Waals surface area (Å²) in [5.74, 6) is -0.949. The molecule has 1 aromatic rings. The van der Waals surface area contributed by atoms with Gasteiger partial charge in [-0.15, -0.1) is 0 Å². The fourth-order valence-corrected chi connectivity index (χ4v) is 2.24. The number of hydrogen-bond donors (Lipinski definition) is 0. The van der Waals surface area contributed by atoms with Crippen LogP contribution < -0.4 is 0 Å². The number of benzene rings is 1. The molecular formula is C16H17NO4. The maximum atomic E-state index is 12.2. The van der Waals surface area contributed by atoms with Crippen LogP contribution in [0.2, 0.25) is 0 Å². The van der Waals surface area contributed by atoms with Crippen LogP contribution in [0.4, 0.5) is 0 Å². The molecule has 0 bridgehead atoms. The van der Waals surface area contributed by atoms with Gasteiger partial charge in [0, 0.05) is 12.6 Å². The van der Waals surface area contributed by atoms with Crippen LogP contribution in [-0.4, -0.2) is 29.3 Å². The monoisotopic (exact) mass is 287 g/mol. The molecule has 0 spiro atoms. The van der Waals surface area contributed by atoms with Gasteiger partial charge in [0.1, 0.15) is 0 Å². The minimum absolute atomic E-state index is 0.311. The maximum absolute atomic E-state index is 12.2. The Morgan fingerprint density at radius 1 is 1.14 bits per heavy atom. The number of allylic oxidation sites excluding steroid dienone is 1. The molecule has 2 rings (SSSR count). The van der Waals surface area contributed by atoms with Crippen LogP contribution >= 0.6 is 0 Å². The average Bonchev–Trinajstić information content (AvgIpc) is 2.71. The summed E-state index contributed by atoms with van der Waals surface area (Å²) in [4.78, 5) is 36.2. The zero-order chi connectivity index (χ0) is 15.4. The molecule has 0 saturated carbocycles. The van der Waals surface area contributed by atoms with Crippen LogP contribution in [0.5, 0.6) is 0 Å². The van der Waals surface area contributed by atoms with Crippen LogP contribution in [0.1, 0.15) is 46.9 Å². The standard InChI is InChI=1S/C16H17NO4/c1-11(7-5-6-10-21-12(2)18)17-15(19)13-8-3-4-9-14(13)16(17)20/h3-4,8-9H,1,5-7,10H2,2H3. The van der Waals surface area contributed by atoms with Crippen molar-refractivity contribution in [1.82, 2.24) is 4.90 Å². The fourth-order valence-electron chi connectivity index (χ4n) is 2.24. The lowest BCUT2D eigenvalue weighted by Gasteiger charge is -2.16. The Morgan fingerprint density at radius 3 is 2.24 bits per heavy atom. The van der Waals surface area contributed by atoms with E-state index < -0.39 is 0 Å². The lowest BCUT2D eigenvalue weighted by Crippen LogP contribution is -2.28. The van der Waals surface area contributed by atoms with Crippen molar-refractivity contribution in [3.05, 3.63) is 47.7 Å². The first-order valence-corrected chi connectivity index (χ1v) is 6.81. The molecule has 0 saturated heterocycles. The third-order valence-corrected chi connectivity index (χ3v) is 3.28.